The van der Waals surface area contributed by atoms with Gasteiger partial charge in [0, 0.05) is 39.6 Å². The molecule has 0 bridgehead atoms. The molecule has 210 valence electrons. The van der Waals surface area contributed by atoms with Crippen molar-refractivity contribution >= 4 is 45.1 Å². The van der Waals surface area contributed by atoms with Crippen LogP contribution in [0.3, 0.4) is 0 Å². The minimum Gasteiger partial charge on any atom is -0.508 e. The zero-order chi connectivity index (χ0) is 27.6. The van der Waals surface area contributed by atoms with E-state index in [-0.39, 0.29) is 17.1 Å². The Kier molecular flexibility index (Phi) is 6.38. The maximum atomic E-state index is 14.0. The molecule has 1 N–H and O–H groups in total. The fourth-order valence-electron chi connectivity index (χ4n) is 6.78. The summed E-state index contributed by atoms with van der Waals surface area (Å²) in [5.41, 5.74) is 3.05. The zero-order valence-electron chi connectivity index (χ0n) is 23.2. The van der Waals surface area contributed by atoms with Crippen LogP contribution in [0, 0.1) is 14.4 Å². The highest BCUT2D eigenvalue weighted by Crippen LogP contribution is 2.53. The summed E-state index contributed by atoms with van der Waals surface area (Å²) in [6, 6.07) is 9.62. The number of amides is 1. The Morgan fingerprint density at radius 3 is 2.70 bits per heavy atom. The fraction of sp³-hybridized carbons (Fsp3) is 0.516. The molecule has 1 amide bonds. The third-order valence-corrected chi connectivity index (χ3v) is 10.1. The first-order valence-corrected chi connectivity index (χ1v) is 15.4. The summed E-state index contributed by atoms with van der Waals surface area (Å²) in [4.78, 5) is 30.4. The van der Waals surface area contributed by atoms with Crippen LogP contribution in [0.1, 0.15) is 60.1 Å². The van der Waals surface area contributed by atoms with Gasteiger partial charge in [-0.05, 0) is 104 Å². The molecule has 1 saturated heterocycles. The first-order valence-electron chi connectivity index (χ1n) is 14.4. The summed E-state index contributed by atoms with van der Waals surface area (Å²) in [5, 5.41) is 12.2. The summed E-state index contributed by atoms with van der Waals surface area (Å²) in [5.74, 6) is 0.936. The minimum atomic E-state index is -0.100. The van der Waals surface area contributed by atoms with Gasteiger partial charge in [-0.3, -0.25) is 4.79 Å². The number of hydrogen-bond acceptors (Lipinski definition) is 7. The van der Waals surface area contributed by atoms with E-state index in [2.05, 4.69) is 46.5 Å². The van der Waals surface area contributed by atoms with Gasteiger partial charge in [0.2, 0.25) is 0 Å². The third-order valence-electron chi connectivity index (χ3n) is 9.20. The SMILES string of the molecule is CN(C)CC1(COc2nc3c(c(N4CCCC5(CC5)C4)n2)CN(C(=O)c2cc(O)cc4cccc(I)c24)C3)CC1. The van der Waals surface area contributed by atoms with Crippen LogP contribution in [0.2, 0.25) is 0 Å². The van der Waals surface area contributed by atoms with E-state index in [1.807, 2.05) is 23.1 Å². The third kappa shape index (κ3) is 4.89. The molecule has 8 nitrogen and oxygen atoms in total. The average Bonchev–Trinajstić information content (AvgIpc) is 3.82. The second-order valence-electron chi connectivity index (χ2n) is 12.8. The molecule has 0 atom stereocenters. The van der Waals surface area contributed by atoms with E-state index in [0.717, 1.165) is 70.3 Å². The number of aromatic nitrogens is 2. The van der Waals surface area contributed by atoms with E-state index in [0.29, 0.717) is 36.7 Å². The van der Waals surface area contributed by atoms with Crippen LogP contribution in [0.5, 0.6) is 11.8 Å². The van der Waals surface area contributed by atoms with Crippen LogP contribution in [-0.2, 0) is 13.1 Å². The number of nitrogens with zero attached hydrogens (tertiary/aromatic N) is 5. The number of phenolic OH excluding ortho intramolecular Hbond substituents is 1. The molecular weight excluding hydrogens is 617 g/mol. The Morgan fingerprint density at radius 1 is 1.12 bits per heavy atom. The molecular formula is C31H36IN5O3. The van der Waals surface area contributed by atoms with E-state index in [1.54, 1.807) is 12.1 Å². The molecule has 0 unspecified atom stereocenters. The molecule has 7 rings (SSSR count). The summed E-state index contributed by atoms with van der Waals surface area (Å²) in [6.07, 6.45) is 7.37. The number of carbonyl (C=O) groups excluding carboxylic acids is 1. The molecule has 3 fully saturated rings. The van der Waals surface area contributed by atoms with E-state index >= 15 is 0 Å². The quantitative estimate of drug-likeness (QED) is 0.352. The van der Waals surface area contributed by atoms with Crippen molar-refractivity contribution in [2.45, 2.75) is 51.6 Å². The highest BCUT2D eigenvalue weighted by atomic mass is 127. The number of anilines is 1. The Balaban J connectivity index is 1.21. The van der Waals surface area contributed by atoms with Gasteiger partial charge in [-0.25, -0.2) is 0 Å². The van der Waals surface area contributed by atoms with Crippen LogP contribution in [0.4, 0.5) is 5.82 Å². The van der Waals surface area contributed by atoms with Gasteiger partial charge in [0.25, 0.3) is 5.91 Å². The van der Waals surface area contributed by atoms with Gasteiger partial charge in [0.1, 0.15) is 11.6 Å². The minimum absolute atomic E-state index is 0.0977. The smallest absolute Gasteiger partial charge is 0.318 e. The van der Waals surface area contributed by atoms with Crippen LogP contribution < -0.4 is 9.64 Å². The van der Waals surface area contributed by atoms with E-state index in [1.165, 1.54) is 19.3 Å². The summed E-state index contributed by atoms with van der Waals surface area (Å²) in [7, 11) is 4.22. The van der Waals surface area contributed by atoms with Gasteiger partial charge in [0.15, 0.2) is 0 Å². The molecule has 40 heavy (non-hydrogen) atoms. The number of aromatic hydroxyl groups is 1. The number of carbonyl (C=O) groups is 1. The number of halogens is 1. The van der Waals surface area contributed by atoms with Crippen molar-refractivity contribution in [3.63, 3.8) is 0 Å². The molecule has 2 saturated carbocycles. The Morgan fingerprint density at radius 2 is 1.95 bits per heavy atom. The monoisotopic (exact) mass is 653 g/mol. The van der Waals surface area contributed by atoms with Gasteiger partial charge >= 0.3 is 6.01 Å². The molecule has 2 aliphatic heterocycles. The van der Waals surface area contributed by atoms with Gasteiger partial charge < -0.3 is 24.5 Å². The molecule has 1 aromatic heterocycles. The largest absolute Gasteiger partial charge is 0.508 e. The van der Waals surface area contributed by atoms with E-state index in [4.69, 9.17) is 14.7 Å². The Hall–Kier alpha value is -2.66. The first kappa shape index (κ1) is 26.3. The lowest BCUT2D eigenvalue weighted by Gasteiger charge is -2.35. The van der Waals surface area contributed by atoms with Crippen molar-refractivity contribution in [2.24, 2.45) is 10.8 Å². The van der Waals surface area contributed by atoms with Crippen molar-refractivity contribution in [2.75, 3.05) is 45.2 Å². The maximum absolute atomic E-state index is 14.0. The number of ether oxygens (including phenoxy) is 1. The van der Waals surface area contributed by atoms with Crippen LogP contribution >= 0.6 is 22.6 Å². The number of piperidine rings is 1. The highest BCUT2D eigenvalue weighted by Gasteiger charge is 2.47. The average molecular weight is 654 g/mol. The van der Waals surface area contributed by atoms with Crippen molar-refractivity contribution in [1.82, 2.24) is 19.8 Å². The first-order chi connectivity index (χ1) is 19.2. The number of benzene rings is 2. The predicted octanol–water partition coefficient (Wildman–Crippen LogP) is 5.20. The summed E-state index contributed by atoms with van der Waals surface area (Å²) >= 11 is 2.27. The lowest BCUT2D eigenvalue weighted by atomic mass is 9.95. The molecule has 9 heteroatoms. The number of hydrogen-bond donors (Lipinski definition) is 1. The normalized spacial score (nSPS) is 20.3. The van der Waals surface area contributed by atoms with E-state index < -0.39 is 0 Å². The van der Waals surface area contributed by atoms with Gasteiger partial charge in [-0.2, -0.15) is 9.97 Å². The maximum Gasteiger partial charge on any atom is 0.318 e. The highest BCUT2D eigenvalue weighted by molar-refractivity contribution is 14.1. The summed E-state index contributed by atoms with van der Waals surface area (Å²) < 4.78 is 7.30. The van der Waals surface area contributed by atoms with Crippen LogP contribution in [0.25, 0.3) is 10.8 Å². The molecule has 2 aliphatic carbocycles. The number of fused-ring (bicyclic) bond motifs is 2. The predicted molar refractivity (Wildman–Crippen MR) is 163 cm³/mol. The fourth-order valence-corrected chi connectivity index (χ4v) is 7.59. The standard InChI is InChI=1S/C31H36IN5O3/c1-35(2)17-31(10-11-31)19-40-29-33-25-16-37(15-23(25)27(34-29)36-12-4-7-30(18-36)8-9-30)28(39)22-14-21(38)13-20-5-3-6-24(32)26(20)22/h3,5-6,13-14,38H,4,7-12,15-19H2,1-2H3. The lowest BCUT2D eigenvalue weighted by Crippen LogP contribution is -2.38. The molecule has 4 aliphatic rings. The van der Waals surface area contributed by atoms with Crippen molar-refractivity contribution < 1.29 is 14.6 Å². The Labute approximate surface area is 248 Å². The molecule has 0 radical (unpaired) electrons. The Bertz CT molecular complexity index is 1500. The van der Waals surface area contributed by atoms with Gasteiger partial charge in [0.05, 0.1) is 31.0 Å². The number of rotatable bonds is 7. The molecule has 2 aromatic carbocycles. The summed E-state index contributed by atoms with van der Waals surface area (Å²) in [6.45, 7) is 4.46. The molecule has 1 spiro atoms. The number of phenols is 1. The zero-order valence-corrected chi connectivity index (χ0v) is 25.4. The second-order valence-corrected chi connectivity index (χ2v) is 14.0. The lowest BCUT2D eigenvalue weighted by molar-refractivity contribution is 0.0752. The second kappa shape index (κ2) is 9.72. The topological polar surface area (TPSA) is 82.0 Å². The molecule has 3 heterocycles. The molecule has 3 aromatic rings. The van der Waals surface area contributed by atoms with Crippen LogP contribution in [-0.4, -0.2) is 71.1 Å². The van der Waals surface area contributed by atoms with E-state index in [9.17, 15) is 9.90 Å². The van der Waals surface area contributed by atoms with Crippen molar-refractivity contribution in [3.05, 3.63) is 50.7 Å². The van der Waals surface area contributed by atoms with Crippen LogP contribution in [0.15, 0.2) is 30.3 Å². The van der Waals surface area contributed by atoms with Crippen molar-refractivity contribution in [3.8, 4) is 11.8 Å². The van der Waals surface area contributed by atoms with Gasteiger partial charge in [-0.1, -0.05) is 12.1 Å². The van der Waals surface area contributed by atoms with Gasteiger partial charge in [-0.15, -0.1) is 0 Å². The van der Waals surface area contributed by atoms with Crippen molar-refractivity contribution in [1.29, 1.82) is 0 Å².